The number of carbonyl (C=O) groups is 1. The lowest BCUT2D eigenvalue weighted by atomic mass is 10.00. The van der Waals surface area contributed by atoms with Gasteiger partial charge in [-0.15, -0.1) is 0 Å². The van der Waals surface area contributed by atoms with Crippen molar-refractivity contribution >= 4 is 5.97 Å². The van der Waals surface area contributed by atoms with E-state index in [1.165, 1.54) is 0 Å². The highest BCUT2D eigenvalue weighted by molar-refractivity contribution is 5.71. The molecule has 0 aliphatic rings. The number of hydrogen-bond donors (Lipinski definition) is 1. The number of rotatable bonds is 3. The zero-order valence-electron chi connectivity index (χ0n) is 11.0. The normalized spacial score (nSPS) is 13.2. The van der Waals surface area contributed by atoms with Gasteiger partial charge < -0.3 is 10.5 Å². The van der Waals surface area contributed by atoms with Crippen molar-refractivity contribution < 1.29 is 9.53 Å². The number of esters is 1. The average Bonchev–Trinajstić information content (AvgIpc) is 2.14. The van der Waals surface area contributed by atoms with Gasteiger partial charge in [0.2, 0.25) is 0 Å². The lowest BCUT2D eigenvalue weighted by Gasteiger charge is -2.21. The highest BCUT2D eigenvalue weighted by Crippen LogP contribution is 2.19. The van der Waals surface area contributed by atoms with E-state index in [-0.39, 0.29) is 18.4 Å². The highest BCUT2D eigenvalue weighted by atomic mass is 16.6. The summed E-state index contributed by atoms with van der Waals surface area (Å²) in [6.07, 6.45) is 0.210. The summed E-state index contributed by atoms with van der Waals surface area (Å²) in [5.41, 5.74) is 7.66. The maximum atomic E-state index is 11.7. The third-order valence-electron chi connectivity index (χ3n) is 2.39. The quantitative estimate of drug-likeness (QED) is 0.819. The first-order valence-electron chi connectivity index (χ1n) is 5.82. The molecule has 0 aromatic heterocycles. The fourth-order valence-corrected chi connectivity index (χ4v) is 1.68. The predicted octanol–water partition coefficient (Wildman–Crippen LogP) is 2.73. The Balaban J connectivity index is 2.64. The summed E-state index contributed by atoms with van der Waals surface area (Å²) in [6, 6.07) is 7.52. The highest BCUT2D eigenvalue weighted by Gasteiger charge is 2.19. The molecule has 1 rings (SSSR count). The molecule has 0 bridgehead atoms. The minimum Gasteiger partial charge on any atom is -0.460 e. The van der Waals surface area contributed by atoms with E-state index in [1.807, 2.05) is 52.0 Å². The molecule has 0 heterocycles. The standard InChI is InChI=1S/C14H21NO2/c1-10-7-5-6-8-11(10)12(15)9-13(16)17-14(2,3)4/h5-8,12H,9,15H2,1-4H3. The maximum Gasteiger partial charge on any atom is 0.308 e. The summed E-state index contributed by atoms with van der Waals surface area (Å²) in [6.45, 7) is 7.54. The van der Waals surface area contributed by atoms with E-state index < -0.39 is 5.60 Å². The lowest BCUT2D eigenvalue weighted by Crippen LogP contribution is -2.26. The van der Waals surface area contributed by atoms with Crippen LogP contribution < -0.4 is 5.73 Å². The Kier molecular flexibility index (Phi) is 4.29. The molecule has 3 heteroatoms. The Morgan fingerprint density at radius 2 is 1.94 bits per heavy atom. The predicted molar refractivity (Wildman–Crippen MR) is 68.6 cm³/mol. The Hall–Kier alpha value is -1.35. The Morgan fingerprint density at radius 1 is 1.35 bits per heavy atom. The van der Waals surface area contributed by atoms with Gasteiger partial charge in [0.25, 0.3) is 0 Å². The Bertz CT molecular complexity index is 393. The van der Waals surface area contributed by atoms with Gasteiger partial charge in [-0.3, -0.25) is 4.79 Å². The van der Waals surface area contributed by atoms with Gasteiger partial charge in [0.1, 0.15) is 5.60 Å². The molecule has 94 valence electrons. The molecule has 0 aliphatic carbocycles. The van der Waals surface area contributed by atoms with Crippen molar-refractivity contribution in [3.8, 4) is 0 Å². The van der Waals surface area contributed by atoms with Crippen molar-refractivity contribution in [1.29, 1.82) is 0 Å². The third kappa shape index (κ3) is 4.57. The van der Waals surface area contributed by atoms with Crippen LogP contribution in [0.25, 0.3) is 0 Å². The van der Waals surface area contributed by atoms with Crippen LogP contribution in [0.5, 0.6) is 0 Å². The van der Waals surface area contributed by atoms with Crippen molar-refractivity contribution in [2.24, 2.45) is 5.73 Å². The van der Waals surface area contributed by atoms with E-state index >= 15 is 0 Å². The minimum absolute atomic E-state index is 0.210. The third-order valence-corrected chi connectivity index (χ3v) is 2.39. The molecule has 0 fully saturated rings. The van der Waals surface area contributed by atoms with E-state index in [1.54, 1.807) is 0 Å². The van der Waals surface area contributed by atoms with E-state index in [9.17, 15) is 4.79 Å². The van der Waals surface area contributed by atoms with Gasteiger partial charge in [-0.2, -0.15) is 0 Å². The second kappa shape index (κ2) is 5.32. The summed E-state index contributed by atoms with van der Waals surface area (Å²) < 4.78 is 5.25. The topological polar surface area (TPSA) is 52.3 Å². The average molecular weight is 235 g/mol. The summed E-state index contributed by atoms with van der Waals surface area (Å²) in [5.74, 6) is -0.256. The molecule has 0 spiro atoms. The van der Waals surface area contributed by atoms with Crippen LogP contribution in [0.15, 0.2) is 24.3 Å². The number of nitrogens with two attached hydrogens (primary N) is 1. The number of ether oxygens (including phenoxy) is 1. The first-order chi connectivity index (χ1) is 7.79. The van der Waals surface area contributed by atoms with Crippen molar-refractivity contribution in [3.63, 3.8) is 0 Å². The van der Waals surface area contributed by atoms with Crippen LogP contribution in [0.3, 0.4) is 0 Å². The summed E-state index contributed by atoms with van der Waals surface area (Å²) in [4.78, 5) is 11.7. The zero-order chi connectivity index (χ0) is 13.1. The van der Waals surface area contributed by atoms with Crippen LogP contribution >= 0.6 is 0 Å². The van der Waals surface area contributed by atoms with Gasteiger partial charge in [0.15, 0.2) is 0 Å². The molecule has 1 aromatic carbocycles. The number of hydrogen-bond acceptors (Lipinski definition) is 3. The number of aryl methyl sites for hydroxylation is 1. The second-order valence-electron chi connectivity index (χ2n) is 5.25. The van der Waals surface area contributed by atoms with E-state index in [0.717, 1.165) is 11.1 Å². The smallest absolute Gasteiger partial charge is 0.308 e. The van der Waals surface area contributed by atoms with Gasteiger partial charge in [-0.05, 0) is 38.8 Å². The molecule has 0 aliphatic heterocycles. The summed E-state index contributed by atoms with van der Waals surface area (Å²) >= 11 is 0. The summed E-state index contributed by atoms with van der Waals surface area (Å²) in [5, 5.41) is 0. The van der Waals surface area contributed by atoms with Crippen molar-refractivity contribution in [2.75, 3.05) is 0 Å². The molecular weight excluding hydrogens is 214 g/mol. The summed E-state index contributed by atoms with van der Waals surface area (Å²) in [7, 11) is 0. The van der Waals surface area contributed by atoms with Crippen molar-refractivity contribution in [2.45, 2.75) is 45.8 Å². The monoisotopic (exact) mass is 235 g/mol. The van der Waals surface area contributed by atoms with Crippen molar-refractivity contribution in [1.82, 2.24) is 0 Å². The van der Waals surface area contributed by atoms with Gasteiger partial charge >= 0.3 is 5.97 Å². The Morgan fingerprint density at radius 3 is 2.47 bits per heavy atom. The van der Waals surface area contributed by atoms with Crippen LogP contribution in [0.1, 0.15) is 44.4 Å². The van der Waals surface area contributed by atoms with Gasteiger partial charge in [-0.1, -0.05) is 24.3 Å². The molecular formula is C14H21NO2. The fourth-order valence-electron chi connectivity index (χ4n) is 1.68. The second-order valence-corrected chi connectivity index (χ2v) is 5.25. The zero-order valence-corrected chi connectivity index (χ0v) is 11.0. The molecule has 0 saturated carbocycles. The molecule has 1 atom stereocenters. The molecule has 0 radical (unpaired) electrons. The Labute approximate surface area is 103 Å². The van der Waals surface area contributed by atoms with E-state index in [2.05, 4.69) is 0 Å². The van der Waals surface area contributed by atoms with Gasteiger partial charge in [-0.25, -0.2) is 0 Å². The van der Waals surface area contributed by atoms with Gasteiger partial charge in [0.05, 0.1) is 6.42 Å². The van der Waals surface area contributed by atoms with Crippen LogP contribution in [0.4, 0.5) is 0 Å². The van der Waals surface area contributed by atoms with Crippen LogP contribution in [0.2, 0.25) is 0 Å². The molecule has 0 amide bonds. The molecule has 3 nitrogen and oxygen atoms in total. The minimum atomic E-state index is -0.456. The molecule has 0 saturated heterocycles. The largest absolute Gasteiger partial charge is 0.460 e. The number of carbonyl (C=O) groups excluding carboxylic acids is 1. The van der Waals surface area contributed by atoms with Crippen molar-refractivity contribution in [3.05, 3.63) is 35.4 Å². The van der Waals surface area contributed by atoms with Crippen LogP contribution in [-0.4, -0.2) is 11.6 Å². The van der Waals surface area contributed by atoms with Crippen LogP contribution in [0, 0.1) is 6.92 Å². The number of benzene rings is 1. The van der Waals surface area contributed by atoms with Crippen LogP contribution in [-0.2, 0) is 9.53 Å². The first-order valence-corrected chi connectivity index (χ1v) is 5.82. The first kappa shape index (κ1) is 13.7. The molecule has 2 N–H and O–H groups in total. The molecule has 1 unspecified atom stereocenters. The lowest BCUT2D eigenvalue weighted by molar-refractivity contribution is -0.155. The molecule has 1 aromatic rings. The SMILES string of the molecule is Cc1ccccc1C(N)CC(=O)OC(C)(C)C. The maximum absolute atomic E-state index is 11.7. The molecule has 17 heavy (non-hydrogen) atoms. The van der Waals surface area contributed by atoms with E-state index in [0.29, 0.717) is 0 Å². The van der Waals surface area contributed by atoms with E-state index in [4.69, 9.17) is 10.5 Å². The van der Waals surface area contributed by atoms with Gasteiger partial charge in [0, 0.05) is 6.04 Å². The fraction of sp³-hybridized carbons (Fsp3) is 0.500.